The van der Waals surface area contributed by atoms with Gasteiger partial charge in [-0.1, -0.05) is 12.8 Å². The number of aromatic amines is 1. The molecule has 1 aromatic heterocycles. The third-order valence-corrected chi connectivity index (χ3v) is 4.41. The molecule has 1 atom stereocenters. The average Bonchev–Trinajstić information content (AvgIpc) is 3.14. The van der Waals surface area contributed by atoms with E-state index in [-0.39, 0.29) is 0 Å². The topological polar surface area (TPSA) is 44.0 Å². The van der Waals surface area contributed by atoms with Crippen LogP contribution in [0.25, 0.3) is 10.9 Å². The normalized spacial score (nSPS) is 24.0. The highest BCUT2D eigenvalue weighted by Crippen LogP contribution is 2.36. The van der Waals surface area contributed by atoms with Gasteiger partial charge in [0.15, 0.2) is 0 Å². The van der Waals surface area contributed by atoms with Gasteiger partial charge in [0, 0.05) is 36.7 Å². The Kier molecular flexibility index (Phi) is 2.69. The van der Waals surface area contributed by atoms with Gasteiger partial charge in [-0.2, -0.15) is 5.10 Å². The molecule has 4 heteroatoms. The highest BCUT2D eigenvalue weighted by molar-refractivity contribution is 5.82. The number of hydrogen-bond donors (Lipinski definition) is 2. The lowest BCUT2D eigenvalue weighted by Crippen LogP contribution is -2.51. The summed E-state index contributed by atoms with van der Waals surface area (Å²) in [5.74, 6) is 0.977. The van der Waals surface area contributed by atoms with Crippen molar-refractivity contribution in [2.75, 3.05) is 24.5 Å². The van der Waals surface area contributed by atoms with Crippen LogP contribution in [0.15, 0.2) is 24.4 Å². The number of anilines is 1. The Morgan fingerprint density at radius 1 is 1.32 bits per heavy atom. The van der Waals surface area contributed by atoms with Crippen LogP contribution in [-0.2, 0) is 0 Å². The number of benzene rings is 1. The quantitative estimate of drug-likeness (QED) is 0.884. The van der Waals surface area contributed by atoms with Crippen LogP contribution >= 0.6 is 0 Å². The van der Waals surface area contributed by atoms with E-state index in [1.165, 1.54) is 30.3 Å². The van der Waals surface area contributed by atoms with Crippen LogP contribution in [-0.4, -0.2) is 35.9 Å². The highest BCUT2D eigenvalue weighted by Gasteiger charge is 2.30. The molecule has 4 rings (SSSR count). The SMILES string of the molecule is c1cc2[nH]ncc2cc1N1CCNC[C@H]1CC1CC1. The van der Waals surface area contributed by atoms with Gasteiger partial charge >= 0.3 is 0 Å². The molecule has 1 saturated carbocycles. The number of nitrogens with one attached hydrogen (secondary N) is 2. The van der Waals surface area contributed by atoms with Gasteiger partial charge in [0.1, 0.15) is 0 Å². The van der Waals surface area contributed by atoms with E-state index in [1.54, 1.807) is 0 Å². The van der Waals surface area contributed by atoms with Gasteiger partial charge in [0.2, 0.25) is 0 Å². The summed E-state index contributed by atoms with van der Waals surface area (Å²) in [6.45, 7) is 3.32. The lowest BCUT2D eigenvalue weighted by molar-refractivity contribution is 0.437. The minimum atomic E-state index is 0.658. The molecule has 1 aliphatic carbocycles. The summed E-state index contributed by atoms with van der Waals surface area (Å²) in [7, 11) is 0. The zero-order valence-electron chi connectivity index (χ0n) is 11.1. The molecule has 19 heavy (non-hydrogen) atoms. The molecule has 100 valence electrons. The van der Waals surface area contributed by atoms with Crippen LogP contribution < -0.4 is 10.2 Å². The second kappa shape index (κ2) is 4.53. The molecule has 2 N–H and O–H groups in total. The lowest BCUT2D eigenvalue weighted by Gasteiger charge is -2.38. The van der Waals surface area contributed by atoms with Crippen molar-refractivity contribution in [2.24, 2.45) is 5.92 Å². The van der Waals surface area contributed by atoms with Crippen molar-refractivity contribution in [1.82, 2.24) is 15.5 Å². The van der Waals surface area contributed by atoms with Crippen molar-refractivity contribution in [3.05, 3.63) is 24.4 Å². The Hall–Kier alpha value is -1.55. The van der Waals surface area contributed by atoms with Crippen LogP contribution in [0.1, 0.15) is 19.3 Å². The Balaban J connectivity index is 1.62. The maximum absolute atomic E-state index is 4.11. The number of fused-ring (bicyclic) bond motifs is 1. The van der Waals surface area contributed by atoms with Crippen LogP contribution in [0.3, 0.4) is 0 Å². The molecule has 2 aromatic rings. The first kappa shape index (κ1) is 11.3. The van der Waals surface area contributed by atoms with Gasteiger partial charge in [0.25, 0.3) is 0 Å². The van der Waals surface area contributed by atoms with E-state index in [4.69, 9.17) is 0 Å². The van der Waals surface area contributed by atoms with Gasteiger partial charge in [-0.05, 0) is 30.5 Å². The van der Waals surface area contributed by atoms with Crippen LogP contribution in [0, 0.1) is 5.92 Å². The summed E-state index contributed by atoms with van der Waals surface area (Å²) >= 11 is 0. The standard InChI is InChI=1S/C15H20N4/c1-2-11(1)7-14-10-16-5-6-19(14)13-3-4-15-12(8-13)9-17-18-15/h3-4,8-9,11,14,16H,1-2,5-7,10H2,(H,17,18)/t14-/m1/s1. The molecule has 4 nitrogen and oxygen atoms in total. The third kappa shape index (κ3) is 2.21. The summed E-state index contributed by atoms with van der Waals surface area (Å²) in [6, 6.07) is 7.30. The van der Waals surface area contributed by atoms with Gasteiger partial charge in [-0.15, -0.1) is 0 Å². The molecule has 1 aromatic carbocycles. The fraction of sp³-hybridized carbons (Fsp3) is 0.533. The van der Waals surface area contributed by atoms with E-state index in [9.17, 15) is 0 Å². The van der Waals surface area contributed by atoms with Gasteiger partial charge < -0.3 is 10.2 Å². The maximum atomic E-state index is 4.11. The summed E-state index contributed by atoms with van der Waals surface area (Å²) in [6.07, 6.45) is 6.13. The molecule has 0 spiro atoms. The van der Waals surface area contributed by atoms with Crippen molar-refractivity contribution in [1.29, 1.82) is 0 Å². The number of hydrogen-bond acceptors (Lipinski definition) is 3. The van der Waals surface area contributed by atoms with Crippen molar-refractivity contribution in [3.8, 4) is 0 Å². The summed E-state index contributed by atoms with van der Waals surface area (Å²) in [4.78, 5) is 2.58. The third-order valence-electron chi connectivity index (χ3n) is 4.41. The fourth-order valence-corrected chi connectivity index (χ4v) is 3.16. The van der Waals surface area contributed by atoms with Gasteiger partial charge in [-0.25, -0.2) is 0 Å². The number of H-pyrrole nitrogens is 1. The smallest absolute Gasteiger partial charge is 0.0651 e. The van der Waals surface area contributed by atoms with E-state index in [2.05, 4.69) is 38.6 Å². The Morgan fingerprint density at radius 3 is 3.16 bits per heavy atom. The summed E-state index contributed by atoms with van der Waals surface area (Å²) in [5, 5.41) is 11.9. The fourth-order valence-electron chi connectivity index (χ4n) is 3.16. The maximum Gasteiger partial charge on any atom is 0.0651 e. The molecule has 1 saturated heterocycles. The minimum Gasteiger partial charge on any atom is -0.366 e. The average molecular weight is 256 g/mol. The largest absolute Gasteiger partial charge is 0.366 e. The van der Waals surface area contributed by atoms with E-state index < -0.39 is 0 Å². The summed E-state index contributed by atoms with van der Waals surface area (Å²) in [5.41, 5.74) is 2.47. The van der Waals surface area contributed by atoms with Crippen LogP contribution in [0.2, 0.25) is 0 Å². The zero-order valence-corrected chi connectivity index (χ0v) is 11.1. The van der Waals surface area contributed by atoms with E-state index in [0.29, 0.717) is 6.04 Å². The first-order valence-corrected chi connectivity index (χ1v) is 7.30. The van der Waals surface area contributed by atoms with Crippen molar-refractivity contribution in [3.63, 3.8) is 0 Å². The molecular weight excluding hydrogens is 236 g/mol. The monoisotopic (exact) mass is 256 g/mol. The Labute approximate surface area is 113 Å². The van der Waals surface area contributed by atoms with E-state index in [1.807, 2.05) is 6.20 Å². The molecule has 0 unspecified atom stereocenters. The second-order valence-corrected chi connectivity index (χ2v) is 5.87. The van der Waals surface area contributed by atoms with Crippen LogP contribution in [0.5, 0.6) is 0 Å². The predicted octanol–water partition coefficient (Wildman–Crippen LogP) is 2.14. The predicted molar refractivity (Wildman–Crippen MR) is 77.4 cm³/mol. The summed E-state index contributed by atoms with van der Waals surface area (Å²) < 4.78 is 0. The van der Waals surface area contributed by atoms with E-state index in [0.717, 1.165) is 31.1 Å². The zero-order chi connectivity index (χ0) is 12.7. The number of nitrogens with zero attached hydrogens (tertiary/aromatic N) is 2. The molecule has 2 heterocycles. The second-order valence-electron chi connectivity index (χ2n) is 5.87. The van der Waals surface area contributed by atoms with Crippen molar-refractivity contribution >= 4 is 16.6 Å². The van der Waals surface area contributed by atoms with Crippen molar-refractivity contribution in [2.45, 2.75) is 25.3 Å². The first-order valence-electron chi connectivity index (χ1n) is 7.30. The first-order chi connectivity index (χ1) is 9.40. The van der Waals surface area contributed by atoms with Crippen LogP contribution in [0.4, 0.5) is 5.69 Å². The molecule has 0 amide bonds. The highest BCUT2D eigenvalue weighted by atomic mass is 15.2. The van der Waals surface area contributed by atoms with Gasteiger partial charge in [-0.3, -0.25) is 5.10 Å². The number of rotatable bonds is 3. The minimum absolute atomic E-state index is 0.658. The molecule has 0 bridgehead atoms. The molecule has 0 radical (unpaired) electrons. The molecule has 2 fully saturated rings. The lowest BCUT2D eigenvalue weighted by atomic mass is 10.0. The number of piperazine rings is 1. The number of aromatic nitrogens is 2. The molecule has 2 aliphatic rings. The molecular formula is C15H20N4. The van der Waals surface area contributed by atoms with Gasteiger partial charge in [0.05, 0.1) is 11.7 Å². The Morgan fingerprint density at radius 2 is 2.26 bits per heavy atom. The van der Waals surface area contributed by atoms with E-state index >= 15 is 0 Å². The Bertz CT molecular complexity index is 572. The van der Waals surface area contributed by atoms with Crippen molar-refractivity contribution < 1.29 is 0 Å². The molecule has 1 aliphatic heterocycles.